The summed E-state index contributed by atoms with van der Waals surface area (Å²) in [6, 6.07) is 5.29. The van der Waals surface area contributed by atoms with Crippen LogP contribution in [-0.4, -0.2) is 70.3 Å². The second-order valence-electron chi connectivity index (χ2n) is 8.60. The maximum Gasteiger partial charge on any atom is 0.229 e. The van der Waals surface area contributed by atoms with Gasteiger partial charge in [0.1, 0.15) is 12.0 Å². The normalized spacial score (nSPS) is 24.8. The fourth-order valence-corrected chi connectivity index (χ4v) is 4.53. The quantitative estimate of drug-likeness (QED) is 0.652. The number of hydrogen-bond acceptors (Lipinski definition) is 7. The molecule has 2 unspecified atom stereocenters. The van der Waals surface area contributed by atoms with Crippen LogP contribution in [0.3, 0.4) is 0 Å². The van der Waals surface area contributed by atoms with E-state index in [4.69, 9.17) is 4.74 Å². The predicted molar refractivity (Wildman–Crippen MR) is 112 cm³/mol. The highest BCUT2D eigenvalue weighted by Crippen LogP contribution is 2.39. The second-order valence-corrected chi connectivity index (χ2v) is 8.60. The number of anilines is 2. The van der Waals surface area contributed by atoms with Crippen LogP contribution in [0.1, 0.15) is 6.42 Å². The number of pyridine rings is 1. The van der Waals surface area contributed by atoms with Crippen LogP contribution in [0.5, 0.6) is 0 Å². The summed E-state index contributed by atoms with van der Waals surface area (Å²) < 4.78 is 21.2. The lowest BCUT2D eigenvalue weighted by atomic mass is 9.85. The number of carbonyl (C=O) groups excluding carboxylic acids is 1. The van der Waals surface area contributed by atoms with Gasteiger partial charge in [-0.2, -0.15) is 0 Å². The maximum absolute atomic E-state index is 14.0. The van der Waals surface area contributed by atoms with Gasteiger partial charge in [-0.05, 0) is 12.1 Å². The number of nitrogens with one attached hydrogen (secondary N) is 2. The van der Waals surface area contributed by atoms with Crippen LogP contribution in [0.2, 0.25) is 0 Å². The SMILES string of the molecule is O=C1CC2(COC2)CN1c1cn2c(-c3cccc(NC4CNCC4F)n3)cnc2cn1. The van der Waals surface area contributed by atoms with Gasteiger partial charge in [0, 0.05) is 31.5 Å². The summed E-state index contributed by atoms with van der Waals surface area (Å²) >= 11 is 0. The standard InChI is InChI=1S/C21H22FN7O2/c22-13-5-23-6-15(13)27-17-3-1-2-14(26-17)16-7-24-18-8-25-19(9-28(16)18)29-10-21(4-20(29)30)11-31-12-21/h1-3,7-9,13,15,23H,4-6,10-12H2,(H,26,27). The van der Waals surface area contributed by atoms with Crippen molar-refractivity contribution in [1.29, 1.82) is 0 Å². The first-order valence-corrected chi connectivity index (χ1v) is 10.4. The summed E-state index contributed by atoms with van der Waals surface area (Å²) in [5, 5.41) is 6.20. The van der Waals surface area contributed by atoms with Crippen LogP contribution in [-0.2, 0) is 9.53 Å². The Bertz CT molecular complexity index is 1160. The van der Waals surface area contributed by atoms with Gasteiger partial charge in [0.25, 0.3) is 0 Å². The minimum atomic E-state index is -0.947. The van der Waals surface area contributed by atoms with Gasteiger partial charge in [-0.3, -0.25) is 14.1 Å². The molecule has 0 aromatic carbocycles. The number of alkyl halides is 1. The van der Waals surface area contributed by atoms with Crippen molar-refractivity contribution in [3.63, 3.8) is 0 Å². The predicted octanol–water partition coefficient (Wildman–Crippen LogP) is 1.27. The molecule has 10 heteroatoms. The fourth-order valence-electron chi connectivity index (χ4n) is 4.53. The van der Waals surface area contributed by atoms with Gasteiger partial charge in [-0.25, -0.2) is 19.3 Å². The van der Waals surface area contributed by atoms with E-state index in [-0.39, 0.29) is 17.4 Å². The van der Waals surface area contributed by atoms with E-state index in [9.17, 15) is 9.18 Å². The lowest BCUT2D eigenvalue weighted by molar-refractivity contribution is -0.126. The van der Waals surface area contributed by atoms with Crippen molar-refractivity contribution in [3.05, 3.63) is 36.8 Å². The van der Waals surface area contributed by atoms with E-state index >= 15 is 0 Å². The van der Waals surface area contributed by atoms with E-state index in [0.29, 0.717) is 62.2 Å². The van der Waals surface area contributed by atoms with Crippen molar-refractivity contribution in [2.75, 3.05) is 43.1 Å². The number of aromatic nitrogens is 4. The van der Waals surface area contributed by atoms with Crippen molar-refractivity contribution in [2.24, 2.45) is 5.41 Å². The Kier molecular flexibility index (Phi) is 4.19. The third kappa shape index (κ3) is 3.14. The van der Waals surface area contributed by atoms with Crippen molar-refractivity contribution in [1.82, 2.24) is 24.7 Å². The lowest BCUT2D eigenvalue weighted by Crippen LogP contribution is -2.44. The average Bonchev–Trinajstić information content (AvgIpc) is 3.45. The first-order chi connectivity index (χ1) is 15.1. The number of nitrogens with zero attached hydrogens (tertiary/aromatic N) is 5. The molecule has 3 aromatic rings. The number of halogens is 1. The summed E-state index contributed by atoms with van der Waals surface area (Å²) in [6.45, 7) is 2.77. The number of hydrogen-bond donors (Lipinski definition) is 2. The number of imidazole rings is 1. The van der Waals surface area contributed by atoms with E-state index in [1.165, 1.54) is 0 Å². The van der Waals surface area contributed by atoms with Crippen LogP contribution < -0.4 is 15.5 Å². The summed E-state index contributed by atoms with van der Waals surface area (Å²) in [5.41, 5.74) is 2.07. The first-order valence-electron chi connectivity index (χ1n) is 10.4. The van der Waals surface area contributed by atoms with Crippen LogP contribution >= 0.6 is 0 Å². The molecule has 160 valence electrons. The monoisotopic (exact) mass is 423 g/mol. The first kappa shape index (κ1) is 18.6. The van der Waals surface area contributed by atoms with Crippen molar-refractivity contribution >= 4 is 23.2 Å². The molecule has 3 aliphatic heterocycles. The Morgan fingerprint density at radius 3 is 2.87 bits per heavy atom. The Labute approximate surface area is 177 Å². The summed E-state index contributed by atoms with van der Waals surface area (Å²) in [6.07, 6.45) is 4.76. The lowest BCUT2D eigenvalue weighted by Gasteiger charge is -2.36. The van der Waals surface area contributed by atoms with E-state index in [2.05, 4.69) is 25.6 Å². The van der Waals surface area contributed by atoms with Crippen LogP contribution in [0.25, 0.3) is 17.0 Å². The minimum absolute atomic E-state index is 0.0621. The number of rotatable bonds is 4. The molecule has 2 N–H and O–H groups in total. The van der Waals surface area contributed by atoms with Gasteiger partial charge in [0.2, 0.25) is 5.91 Å². The topological polar surface area (TPSA) is 96.7 Å². The van der Waals surface area contributed by atoms with Crippen molar-refractivity contribution in [2.45, 2.75) is 18.6 Å². The van der Waals surface area contributed by atoms with Gasteiger partial charge < -0.3 is 15.4 Å². The molecule has 0 aliphatic carbocycles. The van der Waals surface area contributed by atoms with Gasteiger partial charge >= 0.3 is 0 Å². The molecule has 0 radical (unpaired) electrons. The zero-order chi connectivity index (χ0) is 21.0. The molecular formula is C21H22FN7O2. The minimum Gasteiger partial charge on any atom is -0.380 e. The fraction of sp³-hybridized carbons (Fsp3) is 0.429. The zero-order valence-corrected chi connectivity index (χ0v) is 16.8. The smallest absolute Gasteiger partial charge is 0.229 e. The van der Waals surface area contributed by atoms with Gasteiger partial charge in [0.15, 0.2) is 11.5 Å². The van der Waals surface area contributed by atoms with Crippen LogP contribution in [0, 0.1) is 5.41 Å². The van der Waals surface area contributed by atoms with E-state index < -0.39 is 6.17 Å². The highest BCUT2D eigenvalue weighted by atomic mass is 19.1. The highest BCUT2D eigenvalue weighted by Gasteiger charge is 2.49. The third-order valence-electron chi connectivity index (χ3n) is 6.28. The molecule has 3 aromatic heterocycles. The molecular weight excluding hydrogens is 401 g/mol. The number of carbonyl (C=O) groups is 1. The molecule has 6 rings (SSSR count). The van der Waals surface area contributed by atoms with Crippen molar-refractivity contribution in [3.8, 4) is 11.4 Å². The molecule has 0 bridgehead atoms. The Balaban J connectivity index is 1.32. The second kappa shape index (κ2) is 6.96. The van der Waals surface area contributed by atoms with Crippen LogP contribution in [0.4, 0.5) is 16.0 Å². The molecule has 1 spiro atoms. The maximum atomic E-state index is 14.0. The molecule has 3 fully saturated rings. The Morgan fingerprint density at radius 1 is 1.23 bits per heavy atom. The average molecular weight is 423 g/mol. The molecule has 2 atom stereocenters. The van der Waals surface area contributed by atoms with E-state index in [0.717, 1.165) is 5.69 Å². The summed E-state index contributed by atoms with van der Waals surface area (Å²) in [4.78, 5) is 27.9. The zero-order valence-electron chi connectivity index (χ0n) is 16.8. The molecule has 3 aliphatic rings. The molecule has 3 saturated heterocycles. The molecule has 0 saturated carbocycles. The van der Waals surface area contributed by atoms with Gasteiger partial charge in [-0.1, -0.05) is 6.07 Å². The van der Waals surface area contributed by atoms with E-state index in [1.807, 2.05) is 28.8 Å². The van der Waals surface area contributed by atoms with Crippen molar-refractivity contribution < 1.29 is 13.9 Å². The third-order valence-corrected chi connectivity index (χ3v) is 6.28. The summed E-state index contributed by atoms with van der Waals surface area (Å²) in [7, 11) is 0. The highest BCUT2D eigenvalue weighted by molar-refractivity contribution is 5.95. The molecule has 31 heavy (non-hydrogen) atoms. The molecule has 1 amide bonds. The van der Waals surface area contributed by atoms with Gasteiger partial charge in [0.05, 0.1) is 49.2 Å². The molecule has 6 heterocycles. The number of amides is 1. The van der Waals surface area contributed by atoms with Gasteiger partial charge in [-0.15, -0.1) is 0 Å². The largest absolute Gasteiger partial charge is 0.380 e. The van der Waals surface area contributed by atoms with E-state index in [1.54, 1.807) is 17.3 Å². The van der Waals surface area contributed by atoms with Crippen LogP contribution in [0.15, 0.2) is 36.8 Å². The summed E-state index contributed by atoms with van der Waals surface area (Å²) in [5.74, 6) is 1.26. The number of ether oxygens (including phenoxy) is 1. The number of fused-ring (bicyclic) bond motifs is 1. The Hall–Kier alpha value is -3.11. The molecule has 9 nitrogen and oxygen atoms in total. The Morgan fingerprint density at radius 2 is 2.13 bits per heavy atom.